The van der Waals surface area contributed by atoms with E-state index >= 15 is 0 Å². The summed E-state index contributed by atoms with van der Waals surface area (Å²) >= 11 is 0. The molecule has 0 spiro atoms. The molecule has 5 nitrogen and oxygen atoms in total. The normalized spacial score (nSPS) is 19.9. The second-order valence-corrected chi connectivity index (χ2v) is 6.73. The first-order chi connectivity index (χ1) is 12.2. The van der Waals surface area contributed by atoms with Crippen LogP contribution >= 0.6 is 0 Å². The lowest BCUT2D eigenvalue weighted by molar-refractivity contribution is -0.739. The molecular formula is C20H20ClN3O2. The van der Waals surface area contributed by atoms with Crippen LogP contribution in [-0.2, 0) is 17.8 Å². The van der Waals surface area contributed by atoms with Crippen LogP contribution < -0.4 is 21.7 Å². The molecule has 0 fully saturated rings. The van der Waals surface area contributed by atoms with E-state index in [2.05, 4.69) is 42.1 Å². The molecule has 1 aromatic heterocycles. The van der Waals surface area contributed by atoms with E-state index < -0.39 is 0 Å². The van der Waals surface area contributed by atoms with Gasteiger partial charge in [0.2, 0.25) is 6.33 Å². The lowest BCUT2D eigenvalue weighted by atomic mass is 10.1. The third-order valence-corrected chi connectivity index (χ3v) is 5.28. The fourth-order valence-corrected chi connectivity index (χ4v) is 4.05. The number of methoxy groups -OCH3 is 1. The van der Waals surface area contributed by atoms with Crippen LogP contribution in [0.4, 0.5) is 0 Å². The second-order valence-electron chi connectivity index (χ2n) is 6.73. The number of hydrogen-bond donors (Lipinski definition) is 0. The Morgan fingerprint density at radius 1 is 1.23 bits per heavy atom. The molecule has 26 heavy (non-hydrogen) atoms. The van der Waals surface area contributed by atoms with Gasteiger partial charge in [0.15, 0.2) is 0 Å². The van der Waals surface area contributed by atoms with Gasteiger partial charge in [0.25, 0.3) is 0 Å². The van der Waals surface area contributed by atoms with Crippen molar-refractivity contribution in [2.45, 2.75) is 32.1 Å². The molecule has 1 aliphatic heterocycles. The molecule has 0 amide bonds. The average molecular weight is 370 g/mol. The van der Waals surface area contributed by atoms with Crippen molar-refractivity contribution in [3.63, 3.8) is 0 Å². The lowest BCUT2D eigenvalue weighted by Gasteiger charge is -2.23. The Kier molecular flexibility index (Phi) is 4.21. The van der Waals surface area contributed by atoms with Gasteiger partial charge >= 0.3 is 5.82 Å². The first kappa shape index (κ1) is 17.1. The molecule has 0 N–H and O–H groups in total. The highest BCUT2D eigenvalue weighted by Crippen LogP contribution is 2.35. The Bertz CT molecular complexity index is 969. The third-order valence-electron chi connectivity index (χ3n) is 5.28. The standard InChI is InChI=1S/C20H20N3O2.ClH/c1-13-9-15(24-2)7-8-17(13)23-12-22-19(21-23)11-25-18-10-14-5-3-4-6-16(14)20(18)22;/h3-9,12,18,20H,10-11H2,1-2H3;1H/q+1;/p-1/t18-,20+;/m0./s1. The SMILES string of the molecule is COc1ccc(-n2c[n+]3c(n2)CO[C@H]2Cc4ccccc4[C@H]23)c(C)c1.[Cl-]. The summed E-state index contributed by atoms with van der Waals surface area (Å²) in [6, 6.07) is 14.9. The molecule has 2 aromatic carbocycles. The number of aromatic nitrogens is 3. The predicted molar refractivity (Wildman–Crippen MR) is 91.9 cm³/mol. The molecule has 2 aliphatic rings. The van der Waals surface area contributed by atoms with Gasteiger partial charge in [0.05, 0.1) is 7.11 Å². The van der Waals surface area contributed by atoms with Gasteiger partial charge < -0.3 is 21.9 Å². The fraction of sp³-hybridized carbons (Fsp3) is 0.300. The van der Waals surface area contributed by atoms with Crippen LogP contribution in [0.2, 0.25) is 0 Å². The van der Waals surface area contributed by atoms with Crippen molar-refractivity contribution in [1.29, 1.82) is 0 Å². The van der Waals surface area contributed by atoms with E-state index in [-0.39, 0.29) is 24.6 Å². The van der Waals surface area contributed by atoms with Crippen molar-refractivity contribution in [2.75, 3.05) is 7.11 Å². The Balaban J connectivity index is 0.00000168. The summed E-state index contributed by atoms with van der Waals surface area (Å²) in [5, 5.41) is 4.78. The fourth-order valence-electron chi connectivity index (χ4n) is 4.05. The van der Waals surface area contributed by atoms with Crippen LogP contribution in [0.5, 0.6) is 5.75 Å². The number of ether oxygens (including phenoxy) is 2. The summed E-state index contributed by atoms with van der Waals surface area (Å²) in [5.74, 6) is 1.83. The number of aryl methyl sites for hydroxylation is 1. The van der Waals surface area contributed by atoms with Crippen LogP contribution in [0.3, 0.4) is 0 Å². The van der Waals surface area contributed by atoms with E-state index in [1.54, 1.807) is 7.11 Å². The minimum Gasteiger partial charge on any atom is -1.00 e. The molecule has 6 heteroatoms. The third kappa shape index (κ3) is 2.50. The first-order valence-electron chi connectivity index (χ1n) is 8.58. The second kappa shape index (κ2) is 6.41. The van der Waals surface area contributed by atoms with Gasteiger partial charge in [-0.2, -0.15) is 0 Å². The van der Waals surface area contributed by atoms with Gasteiger partial charge in [-0.1, -0.05) is 28.9 Å². The van der Waals surface area contributed by atoms with Crippen molar-refractivity contribution in [1.82, 2.24) is 9.78 Å². The Hall–Kier alpha value is -2.37. The molecule has 0 radical (unpaired) electrons. The van der Waals surface area contributed by atoms with E-state index in [9.17, 15) is 0 Å². The molecule has 2 atom stereocenters. The molecule has 0 saturated carbocycles. The van der Waals surface area contributed by atoms with Crippen molar-refractivity contribution in [3.8, 4) is 11.4 Å². The zero-order valence-electron chi connectivity index (χ0n) is 14.7. The Morgan fingerprint density at radius 3 is 2.88 bits per heavy atom. The van der Waals surface area contributed by atoms with Crippen LogP contribution in [0, 0.1) is 6.92 Å². The number of fused-ring (bicyclic) bond motifs is 5. The highest BCUT2D eigenvalue weighted by atomic mass is 35.5. The summed E-state index contributed by atoms with van der Waals surface area (Å²) in [6.45, 7) is 2.63. The molecule has 134 valence electrons. The average Bonchev–Trinajstić information content (AvgIpc) is 3.21. The maximum Gasteiger partial charge on any atom is 0.304 e. The maximum absolute atomic E-state index is 6.11. The molecule has 3 aromatic rings. The number of rotatable bonds is 2. The molecule has 0 bridgehead atoms. The van der Waals surface area contributed by atoms with Crippen molar-refractivity contribution < 1.29 is 26.4 Å². The van der Waals surface area contributed by atoms with Gasteiger partial charge in [-0.15, -0.1) is 0 Å². The van der Waals surface area contributed by atoms with Crippen molar-refractivity contribution in [2.24, 2.45) is 0 Å². The zero-order chi connectivity index (χ0) is 17.0. The summed E-state index contributed by atoms with van der Waals surface area (Å²) in [5.41, 5.74) is 4.92. The summed E-state index contributed by atoms with van der Waals surface area (Å²) in [7, 11) is 1.69. The molecule has 2 heterocycles. The number of nitrogens with zero attached hydrogens (tertiary/aromatic N) is 3. The maximum atomic E-state index is 6.11. The zero-order valence-corrected chi connectivity index (χ0v) is 15.5. The molecule has 0 saturated heterocycles. The quantitative estimate of drug-likeness (QED) is 0.573. The largest absolute Gasteiger partial charge is 1.00 e. The van der Waals surface area contributed by atoms with Crippen LogP contribution in [0.15, 0.2) is 48.8 Å². The van der Waals surface area contributed by atoms with E-state index in [1.165, 1.54) is 11.1 Å². The van der Waals surface area contributed by atoms with Crippen LogP contribution in [0.1, 0.15) is 28.6 Å². The summed E-state index contributed by atoms with van der Waals surface area (Å²) < 4.78 is 15.7. The topological polar surface area (TPSA) is 40.2 Å². The van der Waals surface area contributed by atoms with Gasteiger partial charge in [-0.3, -0.25) is 0 Å². The van der Waals surface area contributed by atoms with E-state index in [0.29, 0.717) is 6.61 Å². The van der Waals surface area contributed by atoms with Gasteiger partial charge in [-0.05, 0) is 41.8 Å². The van der Waals surface area contributed by atoms with E-state index in [1.807, 2.05) is 22.9 Å². The Morgan fingerprint density at radius 2 is 2.08 bits per heavy atom. The minimum atomic E-state index is 0. The highest BCUT2D eigenvalue weighted by molar-refractivity contribution is 5.44. The predicted octanol–water partition coefficient (Wildman–Crippen LogP) is -0.475. The smallest absolute Gasteiger partial charge is 0.304 e. The first-order valence-corrected chi connectivity index (χ1v) is 8.58. The number of benzene rings is 2. The van der Waals surface area contributed by atoms with Crippen LogP contribution in [0.25, 0.3) is 5.69 Å². The summed E-state index contributed by atoms with van der Waals surface area (Å²) in [6.07, 6.45) is 3.27. The van der Waals surface area contributed by atoms with Crippen molar-refractivity contribution >= 4 is 0 Å². The highest BCUT2D eigenvalue weighted by Gasteiger charge is 2.43. The lowest BCUT2D eigenvalue weighted by Crippen LogP contribution is -3.00. The van der Waals surface area contributed by atoms with Crippen LogP contribution in [-0.4, -0.2) is 23.0 Å². The molecular weight excluding hydrogens is 350 g/mol. The number of hydrogen-bond acceptors (Lipinski definition) is 3. The van der Waals surface area contributed by atoms with Crippen molar-refractivity contribution in [3.05, 3.63) is 71.3 Å². The molecule has 0 unspecified atom stereocenters. The minimum absolute atomic E-state index is 0. The molecule has 1 aliphatic carbocycles. The monoisotopic (exact) mass is 369 g/mol. The summed E-state index contributed by atoms with van der Waals surface area (Å²) in [4.78, 5) is 0. The van der Waals surface area contributed by atoms with Gasteiger partial charge in [0.1, 0.15) is 30.2 Å². The Labute approximate surface area is 158 Å². The molecule has 5 rings (SSSR count). The van der Waals surface area contributed by atoms with E-state index in [4.69, 9.17) is 14.6 Å². The van der Waals surface area contributed by atoms with Gasteiger partial charge in [0, 0.05) is 11.5 Å². The van der Waals surface area contributed by atoms with Gasteiger partial charge in [-0.25, -0.2) is 4.57 Å². The number of halogens is 1. The van der Waals surface area contributed by atoms with E-state index in [0.717, 1.165) is 29.2 Å².